The van der Waals surface area contributed by atoms with E-state index in [1.54, 1.807) is 19.2 Å². The summed E-state index contributed by atoms with van der Waals surface area (Å²) in [7, 11) is 1.62. The number of rotatable bonds is 7. The van der Waals surface area contributed by atoms with Crippen molar-refractivity contribution in [1.82, 2.24) is 10.3 Å². The molecule has 1 heterocycles. The van der Waals surface area contributed by atoms with Gasteiger partial charge in [-0.15, -0.1) is 0 Å². The van der Waals surface area contributed by atoms with Gasteiger partial charge in [0.15, 0.2) is 0 Å². The molecule has 1 amide bonds. The second kappa shape index (κ2) is 7.24. The lowest BCUT2D eigenvalue weighted by atomic mass is 10.1. The minimum atomic E-state index is -0.403. The number of amides is 1. The van der Waals surface area contributed by atoms with Crippen LogP contribution < -0.4 is 10.6 Å². The second-order valence-corrected chi connectivity index (χ2v) is 5.58. The van der Waals surface area contributed by atoms with E-state index >= 15 is 0 Å². The number of aromatic nitrogens is 1. The van der Waals surface area contributed by atoms with Crippen LogP contribution in [0, 0.1) is 6.92 Å². The summed E-state index contributed by atoms with van der Waals surface area (Å²) in [5, 5.41) is 6.17. The number of hydrogen-bond acceptors (Lipinski definition) is 4. The summed E-state index contributed by atoms with van der Waals surface area (Å²) in [6.45, 7) is 9.13. The van der Waals surface area contributed by atoms with Crippen LogP contribution in [-0.2, 0) is 4.74 Å². The third-order valence-electron chi connectivity index (χ3n) is 2.73. The average molecular weight is 279 g/mol. The van der Waals surface area contributed by atoms with Crippen molar-refractivity contribution in [3.05, 3.63) is 23.4 Å². The number of anilines is 1. The Balaban J connectivity index is 2.84. The zero-order valence-electron chi connectivity index (χ0n) is 13.0. The Morgan fingerprint density at radius 2 is 2.10 bits per heavy atom. The Hall–Kier alpha value is -1.62. The monoisotopic (exact) mass is 279 g/mol. The molecule has 0 saturated carbocycles. The van der Waals surface area contributed by atoms with E-state index in [4.69, 9.17) is 4.74 Å². The summed E-state index contributed by atoms with van der Waals surface area (Å²) >= 11 is 0. The van der Waals surface area contributed by atoms with Crippen molar-refractivity contribution in [3.8, 4) is 0 Å². The highest BCUT2D eigenvalue weighted by Crippen LogP contribution is 2.12. The van der Waals surface area contributed by atoms with E-state index in [1.165, 1.54) is 0 Å². The zero-order valence-corrected chi connectivity index (χ0v) is 13.0. The molecule has 0 aliphatic rings. The molecule has 1 aromatic rings. The first kappa shape index (κ1) is 16.4. The molecule has 0 aliphatic carbocycles. The van der Waals surface area contributed by atoms with E-state index in [0.717, 1.165) is 24.5 Å². The Labute approximate surface area is 121 Å². The van der Waals surface area contributed by atoms with Crippen LogP contribution in [0.3, 0.4) is 0 Å². The third kappa shape index (κ3) is 5.17. The van der Waals surface area contributed by atoms with Crippen molar-refractivity contribution >= 4 is 11.7 Å². The molecular weight excluding hydrogens is 254 g/mol. The van der Waals surface area contributed by atoms with Gasteiger partial charge >= 0.3 is 0 Å². The molecule has 2 N–H and O–H groups in total. The van der Waals surface area contributed by atoms with Crippen molar-refractivity contribution in [2.45, 2.75) is 39.7 Å². The normalized spacial score (nSPS) is 11.2. The van der Waals surface area contributed by atoms with Crippen molar-refractivity contribution in [2.24, 2.45) is 0 Å². The van der Waals surface area contributed by atoms with Gasteiger partial charge in [-0.2, -0.15) is 0 Å². The van der Waals surface area contributed by atoms with E-state index in [2.05, 4.69) is 22.5 Å². The van der Waals surface area contributed by atoms with Crippen molar-refractivity contribution < 1.29 is 9.53 Å². The number of methoxy groups -OCH3 is 1. The number of aryl methyl sites for hydroxylation is 1. The van der Waals surface area contributed by atoms with Crippen LogP contribution in [-0.4, -0.2) is 36.7 Å². The second-order valence-electron chi connectivity index (χ2n) is 5.58. The molecule has 0 aromatic carbocycles. The maximum Gasteiger partial charge on any atom is 0.251 e. The summed E-state index contributed by atoms with van der Waals surface area (Å²) in [6.07, 6.45) is 1.01. The topological polar surface area (TPSA) is 63.2 Å². The van der Waals surface area contributed by atoms with Gasteiger partial charge in [0.25, 0.3) is 5.91 Å². The lowest BCUT2D eigenvalue weighted by Gasteiger charge is -2.25. The molecule has 0 fully saturated rings. The molecule has 5 heteroatoms. The highest BCUT2D eigenvalue weighted by atomic mass is 16.5. The Bertz CT molecular complexity index is 458. The zero-order chi connectivity index (χ0) is 15.2. The van der Waals surface area contributed by atoms with E-state index in [9.17, 15) is 4.79 Å². The van der Waals surface area contributed by atoms with E-state index < -0.39 is 5.54 Å². The smallest absolute Gasteiger partial charge is 0.251 e. The van der Waals surface area contributed by atoms with E-state index in [1.807, 2.05) is 20.8 Å². The quantitative estimate of drug-likeness (QED) is 0.804. The number of carbonyl (C=O) groups is 1. The van der Waals surface area contributed by atoms with Gasteiger partial charge in [-0.25, -0.2) is 4.98 Å². The summed E-state index contributed by atoms with van der Waals surface area (Å²) in [5.74, 6) is 0.624. The Morgan fingerprint density at radius 1 is 1.40 bits per heavy atom. The average Bonchev–Trinajstić information content (AvgIpc) is 2.35. The Kier molecular flexibility index (Phi) is 5.95. The predicted octanol–water partition coefficient (Wildman–Crippen LogP) is 2.37. The molecule has 5 nitrogen and oxygen atoms in total. The predicted molar refractivity (Wildman–Crippen MR) is 81.2 cm³/mol. The van der Waals surface area contributed by atoms with E-state index in [-0.39, 0.29) is 5.91 Å². The maximum absolute atomic E-state index is 12.3. The minimum absolute atomic E-state index is 0.114. The van der Waals surface area contributed by atoms with Gasteiger partial charge in [-0.3, -0.25) is 4.79 Å². The number of carbonyl (C=O) groups excluding carboxylic acids is 1. The minimum Gasteiger partial charge on any atom is -0.382 e. The first-order valence-electron chi connectivity index (χ1n) is 6.92. The summed E-state index contributed by atoms with van der Waals surface area (Å²) in [5.41, 5.74) is 1.03. The molecule has 0 radical (unpaired) electrons. The highest BCUT2D eigenvalue weighted by Gasteiger charge is 2.21. The van der Waals surface area contributed by atoms with Gasteiger partial charge in [0.1, 0.15) is 5.82 Å². The van der Waals surface area contributed by atoms with Crippen LogP contribution in [0.25, 0.3) is 0 Å². The first-order valence-corrected chi connectivity index (χ1v) is 6.92. The van der Waals surface area contributed by atoms with Gasteiger partial charge in [0.2, 0.25) is 0 Å². The lowest BCUT2D eigenvalue weighted by molar-refractivity contribution is 0.0820. The number of ether oxygens (including phenoxy) is 1. The Morgan fingerprint density at radius 3 is 2.70 bits per heavy atom. The lowest BCUT2D eigenvalue weighted by Crippen LogP contribution is -2.46. The standard InChI is InChI=1S/C15H25N3O2/c1-6-7-16-13-9-12(8-11(2)17-13)14(19)18-15(3,4)10-20-5/h8-9H,6-7,10H2,1-5H3,(H,16,17)(H,18,19). The number of nitrogens with one attached hydrogen (secondary N) is 2. The van der Waals surface area contributed by atoms with Crippen LogP contribution in [0.2, 0.25) is 0 Å². The molecule has 0 aliphatic heterocycles. The van der Waals surface area contributed by atoms with Crippen molar-refractivity contribution in [1.29, 1.82) is 0 Å². The summed E-state index contributed by atoms with van der Waals surface area (Å²) < 4.78 is 5.10. The fraction of sp³-hybridized carbons (Fsp3) is 0.600. The van der Waals surface area contributed by atoms with Gasteiger partial charge in [0, 0.05) is 24.9 Å². The molecule has 1 rings (SSSR count). The summed E-state index contributed by atoms with van der Waals surface area (Å²) in [6, 6.07) is 3.57. The van der Waals surface area contributed by atoms with Crippen LogP contribution in [0.4, 0.5) is 5.82 Å². The van der Waals surface area contributed by atoms with Gasteiger partial charge in [-0.1, -0.05) is 6.92 Å². The van der Waals surface area contributed by atoms with Crippen LogP contribution in [0.5, 0.6) is 0 Å². The largest absolute Gasteiger partial charge is 0.382 e. The van der Waals surface area contributed by atoms with Crippen LogP contribution >= 0.6 is 0 Å². The van der Waals surface area contributed by atoms with Crippen molar-refractivity contribution in [3.63, 3.8) is 0 Å². The van der Waals surface area contributed by atoms with Crippen molar-refractivity contribution in [2.75, 3.05) is 25.6 Å². The molecule has 0 bridgehead atoms. The fourth-order valence-electron chi connectivity index (χ4n) is 1.92. The molecule has 0 saturated heterocycles. The number of nitrogens with zero attached hydrogens (tertiary/aromatic N) is 1. The SMILES string of the molecule is CCCNc1cc(C(=O)NC(C)(C)COC)cc(C)n1. The van der Waals surface area contributed by atoms with Gasteiger partial charge in [0.05, 0.1) is 12.1 Å². The molecule has 0 unspecified atom stereocenters. The fourth-order valence-corrected chi connectivity index (χ4v) is 1.92. The number of pyridine rings is 1. The molecular formula is C15H25N3O2. The number of hydrogen-bond donors (Lipinski definition) is 2. The maximum atomic E-state index is 12.3. The molecule has 0 spiro atoms. The van der Waals surface area contributed by atoms with Crippen LogP contribution in [0.15, 0.2) is 12.1 Å². The molecule has 112 valence electrons. The van der Waals surface area contributed by atoms with Crippen LogP contribution in [0.1, 0.15) is 43.2 Å². The first-order chi connectivity index (χ1) is 9.38. The van der Waals surface area contributed by atoms with Gasteiger partial charge in [-0.05, 0) is 39.3 Å². The summed E-state index contributed by atoms with van der Waals surface area (Å²) in [4.78, 5) is 16.7. The van der Waals surface area contributed by atoms with Gasteiger partial charge < -0.3 is 15.4 Å². The molecule has 20 heavy (non-hydrogen) atoms. The molecule has 1 aromatic heterocycles. The highest BCUT2D eigenvalue weighted by molar-refractivity contribution is 5.95. The van der Waals surface area contributed by atoms with E-state index in [0.29, 0.717) is 12.2 Å². The molecule has 0 atom stereocenters. The third-order valence-corrected chi connectivity index (χ3v) is 2.73.